The minimum atomic E-state index is -0.252. The average molecular weight is 342 g/mol. The van der Waals surface area contributed by atoms with Gasteiger partial charge < -0.3 is 19.6 Å². The van der Waals surface area contributed by atoms with Crippen molar-refractivity contribution in [3.05, 3.63) is 54.0 Å². The van der Waals surface area contributed by atoms with E-state index in [4.69, 9.17) is 4.74 Å². The number of aromatic amines is 1. The highest BCUT2D eigenvalue weighted by Gasteiger charge is 2.19. The number of benzene rings is 1. The van der Waals surface area contributed by atoms with E-state index in [-0.39, 0.29) is 17.8 Å². The second-order valence-corrected chi connectivity index (χ2v) is 6.21. The normalized spacial score (nSPS) is 17.2. The molecule has 1 amide bonds. The summed E-state index contributed by atoms with van der Waals surface area (Å²) in [7, 11) is 0. The zero-order valence-electron chi connectivity index (χ0n) is 13.7. The average Bonchev–Trinajstić information content (AvgIpc) is 3.35. The highest BCUT2D eigenvalue weighted by molar-refractivity contribution is 5.92. The Bertz CT molecular complexity index is 896. The lowest BCUT2D eigenvalue weighted by atomic mass is 10.1. The molecule has 1 saturated heterocycles. The van der Waals surface area contributed by atoms with Gasteiger partial charge in [-0.1, -0.05) is 6.07 Å². The van der Waals surface area contributed by atoms with Crippen LogP contribution in [0.4, 0.5) is 4.39 Å². The van der Waals surface area contributed by atoms with Crippen molar-refractivity contribution in [1.82, 2.24) is 19.9 Å². The Balaban J connectivity index is 1.37. The molecule has 4 rings (SSSR count). The van der Waals surface area contributed by atoms with Crippen LogP contribution in [0.15, 0.2) is 36.9 Å². The van der Waals surface area contributed by atoms with Gasteiger partial charge in [-0.05, 0) is 30.5 Å². The van der Waals surface area contributed by atoms with Crippen LogP contribution in [-0.2, 0) is 11.2 Å². The molecule has 3 aromatic rings. The van der Waals surface area contributed by atoms with Crippen molar-refractivity contribution in [2.75, 3.05) is 19.8 Å². The first kappa shape index (κ1) is 15.8. The number of ether oxygens (including phenoxy) is 1. The van der Waals surface area contributed by atoms with Crippen molar-refractivity contribution < 1.29 is 13.9 Å². The summed E-state index contributed by atoms with van der Waals surface area (Å²) >= 11 is 0. The quantitative estimate of drug-likeness (QED) is 0.748. The van der Waals surface area contributed by atoms with Crippen molar-refractivity contribution in [1.29, 1.82) is 0 Å². The topological polar surface area (TPSA) is 71.9 Å². The Labute approximate surface area is 144 Å². The van der Waals surface area contributed by atoms with E-state index in [9.17, 15) is 9.18 Å². The molecule has 6 nitrogen and oxygen atoms in total. The molecule has 0 aliphatic carbocycles. The SMILES string of the molecule is O=C(NCCc1c[nH]c2cccc(F)c12)c1cn(C2CCOC2)cn1. The van der Waals surface area contributed by atoms with Crippen molar-refractivity contribution in [2.45, 2.75) is 18.9 Å². The number of halogens is 1. The van der Waals surface area contributed by atoms with E-state index in [2.05, 4.69) is 15.3 Å². The van der Waals surface area contributed by atoms with E-state index < -0.39 is 0 Å². The highest BCUT2D eigenvalue weighted by Crippen LogP contribution is 2.22. The van der Waals surface area contributed by atoms with Gasteiger partial charge in [0.1, 0.15) is 11.5 Å². The lowest BCUT2D eigenvalue weighted by Crippen LogP contribution is -2.26. The third kappa shape index (κ3) is 3.15. The van der Waals surface area contributed by atoms with Gasteiger partial charge in [0.25, 0.3) is 5.91 Å². The van der Waals surface area contributed by atoms with Crippen LogP contribution in [-0.4, -0.2) is 40.2 Å². The van der Waals surface area contributed by atoms with E-state index in [1.165, 1.54) is 6.07 Å². The number of H-pyrrole nitrogens is 1. The van der Waals surface area contributed by atoms with Crippen molar-refractivity contribution in [3.63, 3.8) is 0 Å². The van der Waals surface area contributed by atoms with Crippen LogP contribution in [0.2, 0.25) is 0 Å². The Kier molecular flexibility index (Phi) is 4.23. The first-order valence-corrected chi connectivity index (χ1v) is 8.36. The van der Waals surface area contributed by atoms with Crippen LogP contribution in [0.5, 0.6) is 0 Å². The maximum absolute atomic E-state index is 14.0. The Morgan fingerprint density at radius 1 is 1.48 bits per heavy atom. The van der Waals surface area contributed by atoms with Gasteiger partial charge in [0, 0.05) is 36.4 Å². The molecular formula is C18H19FN4O2. The molecule has 1 unspecified atom stereocenters. The minimum absolute atomic E-state index is 0.224. The zero-order valence-corrected chi connectivity index (χ0v) is 13.7. The standard InChI is InChI=1S/C18H19FN4O2/c19-14-2-1-3-15-17(14)12(8-21-15)4-6-20-18(24)16-9-23(11-22-16)13-5-7-25-10-13/h1-3,8-9,11,13,21H,4-7,10H2,(H,20,24). The fourth-order valence-corrected chi connectivity index (χ4v) is 3.22. The lowest BCUT2D eigenvalue weighted by Gasteiger charge is -2.07. The van der Waals surface area contributed by atoms with E-state index >= 15 is 0 Å². The van der Waals surface area contributed by atoms with E-state index in [1.807, 2.05) is 10.6 Å². The molecule has 25 heavy (non-hydrogen) atoms. The Morgan fingerprint density at radius 3 is 3.24 bits per heavy atom. The van der Waals surface area contributed by atoms with E-state index in [1.54, 1.807) is 24.8 Å². The van der Waals surface area contributed by atoms with Crippen molar-refractivity contribution in [2.24, 2.45) is 0 Å². The maximum Gasteiger partial charge on any atom is 0.271 e. The molecule has 0 spiro atoms. The maximum atomic E-state index is 14.0. The molecule has 1 fully saturated rings. The number of carbonyl (C=O) groups is 1. The summed E-state index contributed by atoms with van der Waals surface area (Å²) in [6, 6.07) is 5.20. The minimum Gasteiger partial charge on any atom is -0.379 e. The van der Waals surface area contributed by atoms with Crippen molar-refractivity contribution in [3.8, 4) is 0 Å². The largest absolute Gasteiger partial charge is 0.379 e. The first-order valence-electron chi connectivity index (χ1n) is 8.36. The molecule has 0 bridgehead atoms. The van der Waals surface area contributed by atoms with E-state index in [0.717, 1.165) is 24.1 Å². The molecule has 3 heterocycles. The summed E-state index contributed by atoms with van der Waals surface area (Å²) in [5.74, 6) is -0.476. The second kappa shape index (κ2) is 6.68. The molecule has 2 N–H and O–H groups in total. The summed E-state index contributed by atoms with van der Waals surface area (Å²) in [4.78, 5) is 19.5. The molecule has 1 atom stereocenters. The number of fused-ring (bicyclic) bond motifs is 1. The molecule has 2 aromatic heterocycles. The van der Waals surface area contributed by atoms with Gasteiger partial charge in [-0.3, -0.25) is 4.79 Å². The van der Waals surface area contributed by atoms with Crippen LogP contribution < -0.4 is 5.32 Å². The Morgan fingerprint density at radius 2 is 2.40 bits per heavy atom. The number of hydrogen-bond donors (Lipinski definition) is 2. The number of rotatable bonds is 5. The summed E-state index contributed by atoms with van der Waals surface area (Å²) in [5.41, 5.74) is 2.00. The van der Waals surface area contributed by atoms with E-state index in [0.29, 0.717) is 30.7 Å². The van der Waals surface area contributed by atoms with Gasteiger partial charge in [-0.2, -0.15) is 0 Å². The van der Waals surface area contributed by atoms with Gasteiger partial charge in [0.15, 0.2) is 0 Å². The number of aromatic nitrogens is 3. The van der Waals surface area contributed by atoms with Gasteiger partial charge in [0.05, 0.1) is 19.0 Å². The fourth-order valence-electron chi connectivity index (χ4n) is 3.22. The van der Waals surface area contributed by atoms with Crippen LogP contribution in [0.3, 0.4) is 0 Å². The number of nitrogens with zero attached hydrogens (tertiary/aromatic N) is 2. The summed E-state index contributed by atoms with van der Waals surface area (Å²) in [6.45, 7) is 1.81. The number of carbonyl (C=O) groups excluding carboxylic acids is 1. The van der Waals surface area contributed by atoms with Crippen LogP contribution in [0.25, 0.3) is 10.9 Å². The van der Waals surface area contributed by atoms with Crippen LogP contribution >= 0.6 is 0 Å². The molecule has 1 aliphatic heterocycles. The summed E-state index contributed by atoms with van der Waals surface area (Å²) in [5, 5.41) is 3.43. The summed E-state index contributed by atoms with van der Waals surface area (Å²) in [6.07, 6.45) is 6.69. The zero-order chi connectivity index (χ0) is 17.2. The van der Waals surface area contributed by atoms with Crippen LogP contribution in [0, 0.1) is 5.82 Å². The number of imidazole rings is 1. The highest BCUT2D eigenvalue weighted by atomic mass is 19.1. The predicted molar refractivity (Wildman–Crippen MR) is 91.0 cm³/mol. The Hall–Kier alpha value is -2.67. The third-order valence-electron chi connectivity index (χ3n) is 4.58. The monoisotopic (exact) mass is 342 g/mol. The van der Waals surface area contributed by atoms with Gasteiger partial charge in [-0.25, -0.2) is 9.37 Å². The molecule has 7 heteroatoms. The van der Waals surface area contributed by atoms with Gasteiger partial charge in [-0.15, -0.1) is 0 Å². The summed E-state index contributed by atoms with van der Waals surface area (Å²) < 4.78 is 21.2. The second-order valence-electron chi connectivity index (χ2n) is 6.21. The van der Waals surface area contributed by atoms with Crippen LogP contribution in [0.1, 0.15) is 28.5 Å². The predicted octanol–water partition coefficient (Wildman–Crippen LogP) is 2.44. The number of hydrogen-bond acceptors (Lipinski definition) is 3. The lowest BCUT2D eigenvalue weighted by molar-refractivity contribution is 0.0949. The molecule has 1 aliphatic rings. The molecule has 130 valence electrons. The molecule has 0 radical (unpaired) electrons. The van der Waals surface area contributed by atoms with Gasteiger partial charge >= 0.3 is 0 Å². The smallest absolute Gasteiger partial charge is 0.271 e. The number of nitrogens with one attached hydrogen (secondary N) is 2. The van der Waals surface area contributed by atoms with Crippen molar-refractivity contribution >= 4 is 16.8 Å². The molecule has 0 saturated carbocycles. The third-order valence-corrected chi connectivity index (χ3v) is 4.58. The first-order chi connectivity index (χ1) is 12.2. The molecular weight excluding hydrogens is 323 g/mol. The van der Waals surface area contributed by atoms with Gasteiger partial charge in [0.2, 0.25) is 0 Å². The number of amides is 1. The molecule has 1 aromatic carbocycles. The fraction of sp³-hybridized carbons (Fsp3) is 0.333.